The van der Waals surface area contributed by atoms with E-state index >= 15 is 0 Å². The number of carboxylic acids is 1. The van der Waals surface area contributed by atoms with Gasteiger partial charge in [0.05, 0.1) is 6.42 Å². The van der Waals surface area contributed by atoms with Gasteiger partial charge in [-0.05, 0) is 12.1 Å². The number of benzene rings is 1. The van der Waals surface area contributed by atoms with E-state index in [1.807, 2.05) is 30.3 Å². The van der Waals surface area contributed by atoms with Crippen molar-refractivity contribution in [3.8, 4) is 0 Å². The zero-order valence-corrected chi connectivity index (χ0v) is 10.4. The monoisotopic (exact) mass is 261 g/mol. The van der Waals surface area contributed by atoms with E-state index in [1.54, 1.807) is 0 Å². The second-order valence-corrected chi connectivity index (χ2v) is 4.24. The van der Waals surface area contributed by atoms with Crippen molar-refractivity contribution in [3.05, 3.63) is 36.1 Å². The lowest BCUT2D eigenvalue weighted by Crippen LogP contribution is -2.25. The maximum absolute atomic E-state index is 11.3. The largest absolute Gasteiger partial charge is 0.481 e. The first-order chi connectivity index (χ1) is 9.15. The van der Waals surface area contributed by atoms with Gasteiger partial charge in [0.2, 0.25) is 5.91 Å². The number of amides is 1. The average Bonchev–Trinajstić information content (AvgIpc) is 2.79. The summed E-state index contributed by atoms with van der Waals surface area (Å²) in [6.07, 6.45) is 0.458. The minimum absolute atomic E-state index is 0.00939. The highest BCUT2D eigenvalue weighted by Crippen LogP contribution is 2.18. The number of rotatable bonds is 6. The molecule has 0 aliphatic heterocycles. The molecule has 0 saturated heterocycles. The Bertz CT molecular complexity index is 555. The van der Waals surface area contributed by atoms with Crippen LogP contribution < -0.4 is 5.32 Å². The fourth-order valence-electron chi connectivity index (χ4n) is 1.79. The number of furan rings is 1. The second kappa shape index (κ2) is 6.04. The molecule has 0 aliphatic carbocycles. The van der Waals surface area contributed by atoms with Gasteiger partial charge >= 0.3 is 5.97 Å². The van der Waals surface area contributed by atoms with Crippen molar-refractivity contribution in [3.63, 3.8) is 0 Å². The highest BCUT2D eigenvalue weighted by Gasteiger charge is 2.06. The number of carbonyl (C=O) groups excluding carboxylic acids is 1. The van der Waals surface area contributed by atoms with Crippen molar-refractivity contribution in [1.29, 1.82) is 0 Å². The van der Waals surface area contributed by atoms with Crippen LogP contribution >= 0.6 is 0 Å². The summed E-state index contributed by atoms with van der Waals surface area (Å²) in [5.74, 6) is -0.411. The van der Waals surface area contributed by atoms with Crippen molar-refractivity contribution in [1.82, 2.24) is 5.32 Å². The second-order valence-electron chi connectivity index (χ2n) is 4.24. The molecule has 0 unspecified atom stereocenters. The number of carboxylic acid groups (broad SMARTS) is 1. The molecule has 0 fully saturated rings. The Labute approximate surface area is 110 Å². The molecule has 100 valence electrons. The van der Waals surface area contributed by atoms with Gasteiger partial charge in [-0.25, -0.2) is 0 Å². The van der Waals surface area contributed by atoms with Crippen LogP contribution in [0, 0.1) is 0 Å². The third-order valence-corrected chi connectivity index (χ3v) is 2.74. The zero-order valence-electron chi connectivity index (χ0n) is 10.4. The van der Waals surface area contributed by atoms with Crippen LogP contribution in [0.3, 0.4) is 0 Å². The molecule has 0 spiro atoms. The Morgan fingerprint density at radius 2 is 2.00 bits per heavy atom. The van der Waals surface area contributed by atoms with Gasteiger partial charge in [0.1, 0.15) is 11.3 Å². The molecular weight excluding hydrogens is 246 g/mol. The fourth-order valence-corrected chi connectivity index (χ4v) is 1.79. The first-order valence-electron chi connectivity index (χ1n) is 6.11. The Hall–Kier alpha value is -2.30. The summed E-state index contributed by atoms with van der Waals surface area (Å²) in [4.78, 5) is 21.6. The van der Waals surface area contributed by atoms with E-state index in [1.165, 1.54) is 0 Å². The number of carbonyl (C=O) groups is 2. The molecule has 2 N–H and O–H groups in total. The molecule has 5 nitrogen and oxygen atoms in total. The minimum atomic E-state index is -0.965. The maximum atomic E-state index is 11.3. The number of fused-ring (bicyclic) bond motifs is 1. The molecule has 0 bridgehead atoms. The van der Waals surface area contributed by atoms with Crippen molar-refractivity contribution in [2.24, 2.45) is 0 Å². The minimum Gasteiger partial charge on any atom is -0.481 e. The van der Waals surface area contributed by atoms with Crippen molar-refractivity contribution >= 4 is 22.8 Å². The molecule has 0 aliphatic rings. The van der Waals surface area contributed by atoms with Crippen LogP contribution in [0.2, 0.25) is 0 Å². The summed E-state index contributed by atoms with van der Waals surface area (Å²) in [6.45, 7) is 0.443. The van der Waals surface area contributed by atoms with E-state index in [9.17, 15) is 9.59 Å². The van der Waals surface area contributed by atoms with Gasteiger partial charge in [-0.1, -0.05) is 18.2 Å². The molecule has 2 rings (SSSR count). The van der Waals surface area contributed by atoms with Gasteiger partial charge in [0, 0.05) is 24.8 Å². The molecule has 1 heterocycles. The molecule has 5 heteroatoms. The number of hydrogen-bond acceptors (Lipinski definition) is 3. The van der Waals surface area contributed by atoms with E-state index in [0.29, 0.717) is 13.0 Å². The van der Waals surface area contributed by atoms with Gasteiger partial charge in [0.25, 0.3) is 0 Å². The average molecular weight is 261 g/mol. The van der Waals surface area contributed by atoms with E-state index in [0.717, 1.165) is 16.7 Å². The van der Waals surface area contributed by atoms with Gasteiger partial charge < -0.3 is 14.8 Å². The van der Waals surface area contributed by atoms with Gasteiger partial charge in [-0.3, -0.25) is 9.59 Å². The molecular formula is C14H15NO4. The van der Waals surface area contributed by atoms with Crippen LogP contribution in [0.15, 0.2) is 34.7 Å². The third-order valence-electron chi connectivity index (χ3n) is 2.74. The standard InChI is InChI=1S/C14H15NO4/c16-13(5-6-14(17)18)15-8-7-11-9-10-3-1-2-4-12(10)19-11/h1-4,9H,5-8H2,(H,15,16)(H,17,18). The number of aliphatic carboxylic acids is 1. The summed E-state index contributed by atoms with van der Waals surface area (Å²) >= 11 is 0. The van der Waals surface area contributed by atoms with E-state index in [-0.39, 0.29) is 18.7 Å². The molecule has 1 amide bonds. The van der Waals surface area contributed by atoms with Gasteiger partial charge in [-0.2, -0.15) is 0 Å². The zero-order chi connectivity index (χ0) is 13.7. The summed E-state index contributed by atoms with van der Waals surface area (Å²) in [5.41, 5.74) is 0.828. The summed E-state index contributed by atoms with van der Waals surface area (Å²) in [7, 11) is 0. The molecule has 1 aromatic heterocycles. The highest BCUT2D eigenvalue weighted by molar-refractivity contribution is 5.80. The third kappa shape index (κ3) is 3.84. The lowest BCUT2D eigenvalue weighted by molar-refractivity contribution is -0.138. The molecule has 19 heavy (non-hydrogen) atoms. The maximum Gasteiger partial charge on any atom is 0.303 e. The van der Waals surface area contributed by atoms with Crippen LogP contribution in [0.4, 0.5) is 0 Å². The van der Waals surface area contributed by atoms with Crippen LogP contribution in [-0.4, -0.2) is 23.5 Å². The number of hydrogen-bond donors (Lipinski definition) is 2. The lowest BCUT2D eigenvalue weighted by atomic mass is 10.2. The number of nitrogens with one attached hydrogen (secondary N) is 1. The van der Waals surface area contributed by atoms with Crippen LogP contribution in [0.5, 0.6) is 0 Å². The first-order valence-corrected chi connectivity index (χ1v) is 6.11. The van der Waals surface area contributed by atoms with E-state index in [4.69, 9.17) is 9.52 Å². The first kappa shape index (κ1) is 13.1. The van der Waals surface area contributed by atoms with Gasteiger partial charge in [0.15, 0.2) is 0 Å². The highest BCUT2D eigenvalue weighted by atomic mass is 16.4. The number of para-hydroxylation sites is 1. The predicted molar refractivity (Wildman–Crippen MR) is 69.8 cm³/mol. The van der Waals surface area contributed by atoms with Crippen LogP contribution in [0.1, 0.15) is 18.6 Å². The molecule has 0 saturated carbocycles. The molecule has 1 aromatic carbocycles. The van der Waals surface area contributed by atoms with Crippen molar-refractivity contribution in [2.75, 3.05) is 6.54 Å². The quantitative estimate of drug-likeness (QED) is 0.833. The van der Waals surface area contributed by atoms with E-state index < -0.39 is 5.97 Å². The van der Waals surface area contributed by atoms with Gasteiger partial charge in [-0.15, -0.1) is 0 Å². The van der Waals surface area contributed by atoms with E-state index in [2.05, 4.69) is 5.32 Å². The Balaban J connectivity index is 1.79. The van der Waals surface area contributed by atoms with Crippen LogP contribution in [0.25, 0.3) is 11.0 Å². The normalized spacial score (nSPS) is 10.5. The van der Waals surface area contributed by atoms with Crippen molar-refractivity contribution in [2.45, 2.75) is 19.3 Å². The Morgan fingerprint density at radius 3 is 2.74 bits per heavy atom. The Kier molecular flexibility index (Phi) is 4.18. The predicted octanol–water partition coefficient (Wildman–Crippen LogP) is 1.96. The molecule has 0 radical (unpaired) electrons. The fraction of sp³-hybridized carbons (Fsp3) is 0.286. The smallest absolute Gasteiger partial charge is 0.303 e. The Morgan fingerprint density at radius 1 is 1.21 bits per heavy atom. The summed E-state index contributed by atoms with van der Waals surface area (Å²) in [5, 5.41) is 12.2. The summed E-state index contributed by atoms with van der Waals surface area (Å²) < 4.78 is 5.60. The lowest BCUT2D eigenvalue weighted by Gasteiger charge is -2.02. The summed E-state index contributed by atoms with van der Waals surface area (Å²) in [6, 6.07) is 9.65. The van der Waals surface area contributed by atoms with Crippen molar-refractivity contribution < 1.29 is 19.1 Å². The molecule has 2 aromatic rings. The molecule has 0 atom stereocenters. The topological polar surface area (TPSA) is 79.5 Å². The SMILES string of the molecule is O=C(O)CCC(=O)NCCc1cc2ccccc2o1. The van der Waals surface area contributed by atoms with Crippen LogP contribution in [-0.2, 0) is 16.0 Å².